The zero-order valence-electron chi connectivity index (χ0n) is 14.4. The van der Waals surface area contributed by atoms with E-state index in [2.05, 4.69) is 0 Å². The highest BCUT2D eigenvalue weighted by atomic mass is 28.4. The molecule has 2 aromatic carbocycles. The molecule has 0 amide bonds. The molecule has 2 aromatic rings. The first-order valence-corrected chi connectivity index (χ1v) is 11.2. The molecule has 0 atom stereocenters. The number of hydrogen-bond acceptors (Lipinski definition) is 5. The standard InChI is InChI=1S/C19H21NO4Si/c1-25(2,22)13-3-12-23-17-10-6-16(7-11-17)19(21)24-18-8-4-15(14-20)5-9-18/h4-11,22H,3,12-13H2,1-2H3. The number of esters is 1. The fourth-order valence-corrected chi connectivity index (χ4v) is 3.16. The highest BCUT2D eigenvalue weighted by Gasteiger charge is 2.15. The van der Waals surface area contributed by atoms with Gasteiger partial charge in [-0.2, -0.15) is 5.26 Å². The molecule has 0 aliphatic carbocycles. The first kappa shape index (κ1) is 18.7. The average molecular weight is 355 g/mol. The zero-order valence-corrected chi connectivity index (χ0v) is 15.4. The second-order valence-electron chi connectivity index (χ2n) is 6.31. The number of nitrogens with zero attached hydrogens (tertiary/aromatic N) is 1. The van der Waals surface area contributed by atoms with Crippen molar-refractivity contribution in [1.29, 1.82) is 5.26 Å². The molecule has 5 nitrogen and oxygen atoms in total. The van der Waals surface area contributed by atoms with Gasteiger partial charge < -0.3 is 14.3 Å². The third kappa shape index (κ3) is 6.41. The van der Waals surface area contributed by atoms with Gasteiger partial charge in [-0.05, 0) is 74.1 Å². The Morgan fingerprint density at radius 1 is 1.08 bits per heavy atom. The molecule has 0 bridgehead atoms. The molecule has 0 spiro atoms. The molecular weight excluding hydrogens is 334 g/mol. The molecule has 6 heteroatoms. The first-order valence-electron chi connectivity index (χ1n) is 8.05. The number of carbonyl (C=O) groups is 1. The summed E-state index contributed by atoms with van der Waals surface area (Å²) in [5.74, 6) is 0.594. The predicted molar refractivity (Wildman–Crippen MR) is 97.2 cm³/mol. The molecule has 1 N–H and O–H groups in total. The molecule has 0 saturated heterocycles. The lowest BCUT2D eigenvalue weighted by Crippen LogP contribution is -2.25. The topological polar surface area (TPSA) is 79.6 Å². The van der Waals surface area contributed by atoms with Crippen LogP contribution in [-0.2, 0) is 0 Å². The van der Waals surface area contributed by atoms with Crippen molar-refractivity contribution < 1.29 is 19.1 Å². The quantitative estimate of drug-likeness (QED) is 0.354. The summed E-state index contributed by atoms with van der Waals surface area (Å²) in [5.41, 5.74) is 0.925. The third-order valence-electron chi connectivity index (χ3n) is 3.49. The van der Waals surface area contributed by atoms with Crippen LogP contribution in [0.25, 0.3) is 0 Å². The number of ether oxygens (including phenoxy) is 2. The van der Waals surface area contributed by atoms with Gasteiger partial charge in [-0.1, -0.05) is 0 Å². The van der Waals surface area contributed by atoms with Crippen LogP contribution in [0.3, 0.4) is 0 Å². The van der Waals surface area contributed by atoms with E-state index in [4.69, 9.17) is 14.7 Å². The minimum atomic E-state index is -2.02. The van der Waals surface area contributed by atoms with Gasteiger partial charge in [0, 0.05) is 0 Å². The normalized spacial score (nSPS) is 10.8. The van der Waals surface area contributed by atoms with E-state index in [0.717, 1.165) is 12.5 Å². The lowest BCUT2D eigenvalue weighted by Gasteiger charge is -2.13. The first-order chi connectivity index (χ1) is 11.9. The zero-order chi connectivity index (χ0) is 18.3. The van der Waals surface area contributed by atoms with E-state index in [9.17, 15) is 9.59 Å². The third-order valence-corrected chi connectivity index (χ3v) is 5.06. The van der Waals surface area contributed by atoms with Gasteiger partial charge in [-0.3, -0.25) is 0 Å². The van der Waals surface area contributed by atoms with Crippen molar-refractivity contribution in [1.82, 2.24) is 0 Å². The summed E-state index contributed by atoms with van der Waals surface area (Å²) in [6.45, 7) is 4.34. The largest absolute Gasteiger partial charge is 0.494 e. The minimum Gasteiger partial charge on any atom is -0.494 e. The van der Waals surface area contributed by atoms with Crippen molar-refractivity contribution in [2.45, 2.75) is 25.6 Å². The van der Waals surface area contributed by atoms with Crippen LogP contribution in [0, 0.1) is 11.3 Å². The molecule has 0 saturated carbocycles. The van der Waals surface area contributed by atoms with Crippen LogP contribution in [0.15, 0.2) is 48.5 Å². The second kappa shape index (κ2) is 8.47. The van der Waals surface area contributed by atoms with Crippen molar-refractivity contribution in [2.75, 3.05) is 6.61 Å². The monoisotopic (exact) mass is 355 g/mol. The van der Waals surface area contributed by atoms with Gasteiger partial charge >= 0.3 is 5.97 Å². The van der Waals surface area contributed by atoms with Crippen molar-refractivity contribution in [2.24, 2.45) is 0 Å². The molecule has 0 heterocycles. The maximum Gasteiger partial charge on any atom is 0.343 e. The Hall–Kier alpha value is -2.62. The number of carbonyl (C=O) groups excluding carboxylic acids is 1. The van der Waals surface area contributed by atoms with E-state index in [1.807, 2.05) is 19.2 Å². The van der Waals surface area contributed by atoms with E-state index < -0.39 is 14.3 Å². The SMILES string of the molecule is C[Si](C)(O)CCCOc1ccc(C(=O)Oc2ccc(C#N)cc2)cc1. The van der Waals surface area contributed by atoms with E-state index in [1.165, 1.54) is 0 Å². The van der Waals surface area contributed by atoms with Crippen molar-refractivity contribution in [3.63, 3.8) is 0 Å². The van der Waals surface area contributed by atoms with Crippen LogP contribution in [0.2, 0.25) is 19.1 Å². The predicted octanol–water partition coefficient (Wildman–Crippen LogP) is 3.74. The molecule has 0 aliphatic rings. The molecule has 0 aliphatic heterocycles. The molecule has 0 unspecified atom stereocenters. The Morgan fingerprint density at radius 3 is 2.24 bits per heavy atom. The van der Waals surface area contributed by atoms with Gasteiger partial charge in [0.05, 0.1) is 23.8 Å². The summed E-state index contributed by atoms with van der Waals surface area (Å²) in [5, 5.41) is 8.75. The maximum absolute atomic E-state index is 12.1. The highest BCUT2D eigenvalue weighted by Crippen LogP contribution is 2.17. The second-order valence-corrected chi connectivity index (χ2v) is 10.4. The Morgan fingerprint density at radius 2 is 1.68 bits per heavy atom. The van der Waals surface area contributed by atoms with Gasteiger partial charge in [-0.25, -0.2) is 4.79 Å². The number of benzene rings is 2. The molecule has 130 valence electrons. The molecule has 25 heavy (non-hydrogen) atoms. The van der Waals surface area contributed by atoms with Crippen LogP contribution in [-0.4, -0.2) is 25.7 Å². The van der Waals surface area contributed by atoms with Gasteiger partial charge in [-0.15, -0.1) is 0 Å². The van der Waals surface area contributed by atoms with Gasteiger partial charge in [0.2, 0.25) is 0 Å². The Kier molecular flexibility index (Phi) is 6.34. The van der Waals surface area contributed by atoms with Crippen LogP contribution in [0.4, 0.5) is 0 Å². The van der Waals surface area contributed by atoms with Crippen molar-refractivity contribution >= 4 is 14.3 Å². The molecule has 0 radical (unpaired) electrons. The molecule has 2 rings (SSSR count). The number of nitriles is 1. The van der Waals surface area contributed by atoms with Crippen LogP contribution >= 0.6 is 0 Å². The summed E-state index contributed by atoms with van der Waals surface area (Å²) in [6, 6.07) is 15.9. The fourth-order valence-electron chi connectivity index (χ4n) is 2.15. The van der Waals surface area contributed by atoms with Crippen LogP contribution < -0.4 is 9.47 Å². The number of hydrogen-bond donors (Lipinski definition) is 1. The lowest BCUT2D eigenvalue weighted by atomic mass is 10.2. The highest BCUT2D eigenvalue weighted by molar-refractivity contribution is 6.69. The Balaban J connectivity index is 1.86. The summed E-state index contributed by atoms with van der Waals surface area (Å²) in [6.07, 6.45) is 0.804. The maximum atomic E-state index is 12.1. The summed E-state index contributed by atoms with van der Waals surface area (Å²) < 4.78 is 10.9. The van der Waals surface area contributed by atoms with E-state index in [1.54, 1.807) is 48.5 Å². The Bertz CT molecular complexity index is 743. The lowest BCUT2D eigenvalue weighted by molar-refractivity contribution is 0.0734. The molecular formula is C19H21NO4Si. The Labute approximate surface area is 148 Å². The van der Waals surface area contributed by atoms with Gasteiger partial charge in [0.15, 0.2) is 8.32 Å². The molecule has 0 aromatic heterocycles. The van der Waals surface area contributed by atoms with Crippen molar-refractivity contribution in [3.05, 3.63) is 59.7 Å². The van der Waals surface area contributed by atoms with E-state index >= 15 is 0 Å². The fraction of sp³-hybridized carbons (Fsp3) is 0.263. The van der Waals surface area contributed by atoms with E-state index in [-0.39, 0.29) is 0 Å². The van der Waals surface area contributed by atoms with Gasteiger partial charge in [0.25, 0.3) is 0 Å². The molecule has 0 fully saturated rings. The average Bonchev–Trinajstić information content (AvgIpc) is 2.59. The van der Waals surface area contributed by atoms with Crippen LogP contribution in [0.1, 0.15) is 22.3 Å². The van der Waals surface area contributed by atoms with Gasteiger partial charge in [0.1, 0.15) is 11.5 Å². The summed E-state index contributed by atoms with van der Waals surface area (Å²) in [4.78, 5) is 21.9. The summed E-state index contributed by atoms with van der Waals surface area (Å²) in [7, 11) is -2.02. The smallest absolute Gasteiger partial charge is 0.343 e. The summed E-state index contributed by atoms with van der Waals surface area (Å²) >= 11 is 0. The number of rotatable bonds is 7. The van der Waals surface area contributed by atoms with Crippen molar-refractivity contribution in [3.8, 4) is 17.6 Å². The van der Waals surface area contributed by atoms with Crippen LogP contribution in [0.5, 0.6) is 11.5 Å². The minimum absolute atomic E-state index is 0.389. The van der Waals surface area contributed by atoms with E-state index in [0.29, 0.717) is 29.2 Å².